The van der Waals surface area contributed by atoms with Crippen LogP contribution in [0, 0.1) is 5.92 Å². The summed E-state index contributed by atoms with van der Waals surface area (Å²) < 4.78 is 0. The third-order valence-electron chi connectivity index (χ3n) is 11.4. The van der Waals surface area contributed by atoms with E-state index in [9.17, 15) is 43.5 Å². The van der Waals surface area contributed by atoms with Gasteiger partial charge in [0.1, 0.15) is 42.3 Å². The fourth-order valence-electron chi connectivity index (χ4n) is 7.92. The smallest absolute Gasteiger partial charge is 0.246 e. The number of aliphatic hydroxyl groups excluding tert-OH is 1. The number of hydrogen-bond donors (Lipinski definition) is 7. The van der Waals surface area contributed by atoms with Crippen molar-refractivity contribution in [2.75, 3.05) is 13.1 Å². The predicted molar refractivity (Wildman–Crippen MR) is 214 cm³/mol. The van der Waals surface area contributed by atoms with Crippen molar-refractivity contribution in [3.05, 3.63) is 71.8 Å². The molecule has 0 spiro atoms. The Kier molecular flexibility index (Phi) is 15.2. The number of rotatable bonds is 9. The molecule has 0 bridgehead atoms. The summed E-state index contributed by atoms with van der Waals surface area (Å²) in [5.74, 6) is -6.48. The number of aliphatic hydroxyl groups is 1. The van der Waals surface area contributed by atoms with E-state index in [4.69, 9.17) is 5.73 Å². The third kappa shape index (κ3) is 11.2. The summed E-state index contributed by atoms with van der Waals surface area (Å²) in [6.45, 7) is 5.12. The SMILES string of the molecule is CCC(C)[C@@H]1NC(=O)[C@H](C(C)O)NC(=O)[C@H](Cc2ccccc2)NC(=O)[C@@H]2CCCN2C(=O)[C@H](CC(N)=O)NC(=O)[C@@H]2CCCN2C(=O)[C@H](Cc2ccccc2)NC1=O. The predicted octanol–water partition coefficient (Wildman–Crippen LogP) is -0.806. The summed E-state index contributed by atoms with van der Waals surface area (Å²) in [6, 6.07) is 8.79. The van der Waals surface area contributed by atoms with Gasteiger partial charge in [0.15, 0.2) is 0 Å². The lowest BCUT2D eigenvalue weighted by atomic mass is 9.96. The minimum absolute atomic E-state index is 0.0276. The fourth-order valence-corrected chi connectivity index (χ4v) is 7.92. The first kappa shape index (κ1) is 44.3. The van der Waals surface area contributed by atoms with Crippen LogP contribution in [-0.4, -0.2) is 124 Å². The molecule has 5 rings (SSSR count). The Labute approximate surface area is 343 Å². The van der Waals surface area contributed by atoms with Crippen LogP contribution in [0.15, 0.2) is 60.7 Å². The van der Waals surface area contributed by atoms with Gasteiger partial charge in [-0.2, -0.15) is 0 Å². The molecule has 8 amide bonds. The van der Waals surface area contributed by atoms with Gasteiger partial charge in [-0.3, -0.25) is 38.4 Å². The lowest BCUT2D eigenvalue weighted by Crippen LogP contribution is -2.62. The molecule has 2 aromatic carbocycles. The van der Waals surface area contributed by atoms with Crippen LogP contribution in [0.1, 0.15) is 70.4 Å². The largest absolute Gasteiger partial charge is 0.391 e. The summed E-state index contributed by atoms with van der Waals surface area (Å²) in [5.41, 5.74) is 6.92. The zero-order valence-corrected chi connectivity index (χ0v) is 33.7. The topological polar surface area (TPSA) is 249 Å². The van der Waals surface area contributed by atoms with E-state index in [1.165, 1.54) is 16.7 Å². The molecule has 2 aromatic rings. The van der Waals surface area contributed by atoms with Gasteiger partial charge in [0.2, 0.25) is 47.3 Å². The van der Waals surface area contributed by atoms with Gasteiger partial charge in [0.25, 0.3) is 0 Å². The summed E-state index contributed by atoms with van der Waals surface area (Å²) >= 11 is 0. The Hall–Kier alpha value is -5.84. The maximum absolute atomic E-state index is 14.5. The molecule has 59 heavy (non-hydrogen) atoms. The molecular formula is C42H56N8O9. The van der Waals surface area contributed by atoms with Crippen molar-refractivity contribution in [1.82, 2.24) is 36.4 Å². The van der Waals surface area contributed by atoms with Gasteiger partial charge < -0.3 is 47.2 Å². The second kappa shape index (κ2) is 20.2. The Morgan fingerprint density at radius 1 is 0.644 bits per heavy atom. The van der Waals surface area contributed by atoms with Crippen molar-refractivity contribution >= 4 is 47.3 Å². The molecule has 17 nitrogen and oxygen atoms in total. The Morgan fingerprint density at radius 2 is 1.08 bits per heavy atom. The van der Waals surface area contributed by atoms with E-state index >= 15 is 0 Å². The van der Waals surface area contributed by atoms with Crippen LogP contribution in [0.5, 0.6) is 0 Å². The van der Waals surface area contributed by atoms with E-state index in [1.54, 1.807) is 67.6 Å². The zero-order chi connectivity index (χ0) is 42.8. The highest BCUT2D eigenvalue weighted by atomic mass is 16.3. The number of benzene rings is 2. The quantitative estimate of drug-likeness (QED) is 0.167. The first-order valence-corrected chi connectivity index (χ1v) is 20.4. The minimum atomic E-state index is -1.57. The van der Waals surface area contributed by atoms with Crippen molar-refractivity contribution in [2.45, 2.75) is 121 Å². The Balaban J connectivity index is 1.57. The average molecular weight is 817 g/mol. The first-order chi connectivity index (χ1) is 28.2. The van der Waals surface area contributed by atoms with E-state index in [0.29, 0.717) is 30.4 Å². The molecule has 2 unspecified atom stereocenters. The van der Waals surface area contributed by atoms with Crippen LogP contribution < -0.4 is 32.3 Å². The highest BCUT2D eigenvalue weighted by molar-refractivity contribution is 6.00. The number of nitrogens with one attached hydrogen (secondary N) is 5. The average Bonchev–Trinajstić information content (AvgIpc) is 3.92. The highest BCUT2D eigenvalue weighted by Crippen LogP contribution is 2.23. The molecule has 0 saturated carbocycles. The fraction of sp³-hybridized carbons (Fsp3) is 0.524. The molecule has 3 saturated heterocycles. The van der Waals surface area contributed by atoms with Gasteiger partial charge in [-0.15, -0.1) is 0 Å². The van der Waals surface area contributed by atoms with Crippen LogP contribution in [0.2, 0.25) is 0 Å². The number of nitrogens with two attached hydrogens (primary N) is 1. The highest BCUT2D eigenvalue weighted by Gasteiger charge is 2.44. The van der Waals surface area contributed by atoms with Crippen molar-refractivity contribution in [1.29, 1.82) is 0 Å². The molecule has 17 heteroatoms. The third-order valence-corrected chi connectivity index (χ3v) is 11.4. The number of amides is 8. The lowest BCUT2D eigenvalue weighted by Gasteiger charge is -2.32. The molecule has 3 fully saturated rings. The van der Waals surface area contributed by atoms with Crippen molar-refractivity contribution in [3.63, 3.8) is 0 Å². The van der Waals surface area contributed by atoms with Crippen molar-refractivity contribution in [2.24, 2.45) is 11.7 Å². The van der Waals surface area contributed by atoms with Gasteiger partial charge in [0, 0.05) is 25.9 Å². The lowest BCUT2D eigenvalue weighted by molar-refractivity contribution is -0.145. The van der Waals surface area contributed by atoms with E-state index in [1.807, 2.05) is 6.92 Å². The van der Waals surface area contributed by atoms with Gasteiger partial charge in [0.05, 0.1) is 12.5 Å². The summed E-state index contributed by atoms with van der Waals surface area (Å²) in [6.07, 6.45) is -0.342. The van der Waals surface area contributed by atoms with Gasteiger partial charge in [-0.1, -0.05) is 80.9 Å². The van der Waals surface area contributed by atoms with E-state index in [2.05, 4.69) is 26.6 Å². The van der Waals surface area contributed by atoms with Crippen LogP contribution in [0.25, 0.3) is 0 Å². The van der Waals surface area contributed by atoms with Crippen LogP contribution >= 0.6 is 0 Å². The summed E-state index contributed by atoms with van der Waals surface area (Å²) in [7, 11) is 0. The van der Waals surface area contributed by atoms with Crippen LogP contribution in [-0.2, 0) is 51.2 Å². The molecule has 0 aromatic heterocycles. The van der Waals surface area contributed by atoms with E-state index in [-0.39, 0.29) is 38.8 Å². The van der Waals surface area contributed by atoms with Gasteiger partial charge >= 0.3 is 0 Å². The van der Waals surface area contributed by atoms with Crippen molar-refractivity contribution < 1.29 is 43.5 Å². The summed E-state index contributed by atoms with van der Waals surface area (Å²) in [4.78, 5) is 114. The number of hydrogen-bond acceptors (Lipinski definition) is 9. The second-order valence-corrected chi connectivity index (χ2v) is 15.7. The number of primary amides is 1. The maximum atomic E-state index is 14.5. The molecular weight excluding hydrogens is 761 g/mol. The molecule has 318 valence electrons. The molecule has 3 aliphatic heterocycles. The minimum Gasteiger partial charge on any atom is -0.391 e. The van der Waals surface area contributed by atoms with Gasteiger partial charge in [-0.25, -0.2) is 0 Å². The normalized spacial score (nSPS) is 27.5. The zero-order valence-electron chi connectivity index (χ0n) is 33.7. The Bertz CT molecular complexity index is 1860. The molecule has 3 heterocycles. The molecule has 9 atom stereocenters. The van der Waals surface area contributed by atoms with Crippen LogP contribution in [0.4, 0.5) is 0 Å². The van der Waals surface area contributed by atoms with E-state index in [0.717, 1.165) is 0 Å². The number of nitrogens with zero attached hydrogens (tertiary/aromatic N) is 2. The number of carbonyl (C=O) groups excluding carboxylic acids is 8. The maximum Gasteiger partial charge on any atom is 0.246 e. The molecule has 0 radical (unpaired) electrons. The van der Waals surface area contributed by atoms with Gasteiger partial charge in [-0.05, 0) is 49.7 Å². The number of carbonyl (C=O) groups is 8. The number of fused-ring (bicyclic) bond motifs is 2. The van der Waals surface area contributed by atoms with Crippen LogP contribution in [0.3, 0.4) is 0 Å². The molecule has 0 aliphatic carbocycles. The second-order valence-electron chi connectivity index (χ2n) is 15.7. The molecule has 3 aliphatic rings. The standard InChI is InChI=1S/C42H56N8O9/c1-4-24(2)34-39(56)46-29(22-27-15-9-6-10-16-27)41(58)49-19-12-18-32(49)38(55)45-30(23-33(43)52)42(59)50-20-11-17-31(50)37(54)44-28(21-26-13-7-5-8-14-26)36(53)48-35(25(3)51)40(57)47-34/h5-10,13-16,24-25,28-32,34-35,51H,4,11-12,17-23H2,1-3H3,(H2,43,52)(H,44,54)(H,45,55)(H,46,56)(H,47,57)(H,48,53)/t24?,25?,28-,29-,30-,31-,32-,34-,35-/m0/s1. The summed E-state index contributed by atoms with van der Waals surface area (Å²) in [5, 5.41) is 24.3. The Morgan fingerprint density at radius 3 is 1.58 bits per heavy atom. The van der Waals surface area contributed by atoms with Crippen molar-refractivity contribution in [3.8, 4) is 0 Å². The first-order valence-electron chi connectivity index (χ1n) is 20.4. The molecule has 8 N–H and O–H groups in total. The monoisotopic (exact) mass is 816 g/mol. The van der Waals surface area contributed by atoms with E-state index < -0.39 is 108 Å².